The average molecular weight is 296 g/mol. The third kappa shape index (κ3) is 3.41. The summed E-state index contributed by atoms with van der Waals surface area (Å²) in [7, 11) is 0. The monoisotopic (exact) mass is 296 g/mol. The number of rotatable bonds is 6. The number of hydrogen-bond acceptors (Lipinski definition) is 6. The van der Waals surface area contributed by atoms with Gasteiger partial charge in [0.25, 0.3) is 0 Å². The molecule has 2 aromatic heterocycles. The summed E-state index contributed by atoms with van der Waals surface area (Å²) >= 11 is 0. The Morgan fingerprint density at radius 3 is 1.91 bits per heavy atom. The highest BCUT2D eigenvalue weighted by Gasteiger charge is 2.30. The topological polar surface area (TPSA) is 98.3 Å². The Bertz CT molecular complexity index is 671. The molecule has 22 heavy (non-hydrogen) atoms. The van der Waals surface area contributed by atoms with Crippen molar-refractivity contribution < 1.29 is 9.59 Å². The molecule has 0 amide bonds. The van der Waals surface area contributed by atoms with Gasteiger partial charge in [-0.05, 0) is 24.3 Å². The summed E-state index contributed by atoms with van der Waals surface area (Å²) in [5.41, 5.74) is 0.967. The fourth-order valence-electron chi connectivity index (χ4n) is 2.17. The Hall–Kier alpha value is -2.89. The second-order valence-corrected chi connectivity index (χ2v) is 4.81. The average Bonchev–Trinajstić information content (AvgIpc) is 2.59. The van der Waals surface area contributed by atoms with Crippen LogP contribution in [-0.2, 0) is 0 Å². The van der Waals surface area contributed by atoms with Crippen molar-refractivity contribution in [2.24, 2.45) is 22.8 Å². The number of hydrogen-bond donors (Lipinski definition) is 1. The van der Waals surface area contributed by atoms with E-state index in [0.29, 0.717) is 11.1 Å². The Kier molecular flexibility index (Phi) is 5.08. The van der Waals surface area contributed by atoms with E-state index in [1.165, 1.54) is 31.0 Å². The quantitative estimate of drug-likeness (QED) is 0.379. The van der Waals surface area contributed by atoms with E-state index in [2.05, 4.69) is 15.1 Å². The van der Waals surface area contributed by atoms with Crippen molar-refractivity contribution in [2.75, 3.05) is 0 Å². The highest BCUT2D eigenvalue weighted by atomic mass is 16.1. The molecular formula is C16H16N4O2. The normalized spacial score (nSPS) is 13.7. The van der Waals surface area contributed by atoms with E-state index in [1.807, 2.05) is 0 Å². The van der Waals surface area contributed by atoms with E-state index in [9.17, 15) is 9.59 Å². The second-order valence-electron chi connectivity index (χ2n) is 4.81. The minimum atomic E-state index is -0.729. The highest BCUT2D eigenvalue weighted by molar-refractivity contribution is 6.11. The molecule has 0 spiro atoms. The SMILES string of the molecule is CC(C(=O)c1ccncc1)C(/C=N/N)C(=O)c1ccncc1. The Labute approximate surface area is 128 Å². The summed E-state index contributed by atoms with van der Waals surface area (Å²) in [5, 5.41) is 3.45. The van der Waals surface area contributed by atoms with Crippen LogP contribution in [0.25, 0.3) is 0 Å². The van der Waals surface area contributed by atoms with Crippen LogP contribution in [0, 0.1) is 11.8 Å². The minimum Gasteiger partial charge on any atom is -0.324 e. The van der Waals surface area contributed by atoms with Crippen LogP contribution in [0.5, 0.6) is 0 Å². The summed E-state index contributed by atoms with van der Waals surface area (Å²) in [6, 6.07) is 6.44. The first-order valence-corrected chi connectivity index (χ1v) is 6.77. The van der Waals surface area contributed by atoms with Crippen molar-refractivity contribution in [3.05, 3.63) is 60.2 Å². The van der Waals surface area contributed by atoms with Crippen LogP contribution in [0.1, 0.15) is 27.6 Å². The lowest BCUT2D eigenvalue weighted by Crippen LogP contribution is -2.30. The van der Waals surface area contributed by atoms with Crippen LogP contribution in [0.2, 0.25) is 0 Å². The van der Waals surface area contributed by atoms with E-state index in [-0.39, 0.29) is 11.6 Å². The smallest absolute Gasteiger partial charge is 0.172 e. The third-order valence-corrected chi connectivity index (χ3v) is 3.43. The largest absolute Gasteiger partial charge is 0.324 e. The van der Waals surface area contributed by atoms with Gasteiger partial charge in [-0.1, -0.05) is 6.92 Å². The molecule has 0 aliphatic heterocycles. The van der Waals surface area contributed by atoms with E-state index in [4.69, 9.17) is 5.84 Å². The summed E-state index contributed by atoms with van der Waals surface area (Å²) in [6.07, 6.45) is 7.44. The summed E-state index contributed by atoms with van der Waals surface area (Å²) in [5.74, 6) is 3.52. The molecule has 2 heterocycles. The molecule has 0 bridgehead atoms. The van der Waals surface area contributed by atoms with E-state index >= 15 is 0 Å². The van der Waals surface area contributed by atoms with E-state index in [1.54, 1.807) is 31.2 Å². The first-order valence-electron chi connectivity index (χ1n) is 6.77. The minimum absolute atomic E-state index is 0.158. The molecule has 0 saturated heterocycles. The van der Waals surface area contributed by atoms with Gasteiger partial charge in [0, 0.05) is 48.0 Å². The maximum Gasteiger partial charge on any atom is 0.172 e. The van der Waals surface area contributed by atoms with Gasteiger partial charge in [0.2, 0.25) is 0 Å². The van der Waals surface area contributed by atoms with Crippen LogP contribution in [0.3, 0.4) is 0 Å². The number of carbonyl (C=O) groups is 2. The van der Waals surface area contributed by atoms with Crippen LogP contribution in [0.4, 0.5) is 0 Å². The zero-order chi connectivity index (χ0) is 15.9. The molecule has 0 saturated carbocycles. The molecule has 0 aliphatic carbocycles. The lowest BCUT2D eigenvalue weighted by atomic mass is 9.83. The first-order chi connectivity index (χ1) is 10.6. The number of nitrogens with zero attached hydrogens (tertiary/aromatic N) is 3. The fraction of sp³-hybridized carbons (Fsp3) is 0.188. The highest BCUT2D eigenvalue weighted by Crippen LogP contribution is 2.20. The van der Waals surface area contributed by atoms with Crippen molar-refractivity contribution in [3.8, 4) is 0 Å². The molecular weight excluding hydrogens is 280 g/mol. The summed E-state index contributed by atoms with van der Waals surface area (Å²) in [4.78, 5) is 32.8. The predicted octanol–water partition coefficient (Wildman–Crippen LogP) is 1.74. The molecule has 2 rings (SSSR count). The Morgan fingerprint density at radius 2 is 1.45 bits per heavy atom. The molecule has 6 nitrogen and oxygen atoms in total. The molecule has 0 radical (unpaired) electrons. The van der Waals surface area contributed by atoms with Crippen LogP contribution < -0.4 is 5.84 Å². The standard InChI is InChI=1S/C16H16N4O2/c1-11(15(21)12-2-6-18-7-3-12)14(10-20-17)16(22)13-4-8-19-9-5-13/h2-11,14H,17H2,1H3/b20-10+. The third-order valence-electron chi connectivity index (χ3n) is 3.43. The van der Waals surface area contributed by atoms with Gasteiger partial charge >= 0.3 is 0 Å². The fourth-order valence-corrected chi connectivity index (χ4v) is 2.17. The second kappa shape index (κ2) is 7.21. The van der Waals surface area contributed by atoms with Gasteiger partial charge < -0.3 is 5.84 Å². The van der Waals surface area contributed by atoms with Gasteiger partial charge in [0.05, 0.1) is 5.92 Å². The first kappa shape index (κ1) is 15.5. The van der Waals surface area contributed by atoms with Crippen LogP contribution in [-0.4, -0.2) is 27.7 Å². The number of ketones is 2. The number of carbonyl (C=O) groups excluding carboxylic acids is 2. The van der Waals surface area contributed by atoms with Crippen LogP contribution in [0.15, 0.2) is 54.2 Å². The number of Topliss-reactive ketones (excluding diaryl/α,β-unsaturated/α-hetero) is 2. The van der Waals surface area contributed by atoms with Crippen LogP contribution >= 0.6 is 0 Å². The molecule has 0 aromatic carbocycles. The number of aromatic nitrogens is 2. The molecule has 0 aliphatic rings. The summed E-state index contributed by atoms with van der Waals surface area (Å²) in [6.45, 7) is 1.69. The van der Waals surface area contributed by atoms with Gasteiger partial charge in [0.1, 0.15) is 0 Å². The maximum atomic E-state index is 12.6. The van der Waals surface area contributed by atoms with Gasteiger partial charge in [-0.25, -0.2) is 0 Å². The zero-order valence-electron chi connectivity index (χ0n) is 12.1. The van der Waals surface area contributed by atoms with Crippen molar-refractivity contribution in [3.63, 3.8) is 0 Å². The van der Waals surface area contributed by atoms with Crippen molar-refractivity contribution >= 4 is 17.8 Å². The lowest BCUT2D eigenvalue weighted by molar-refractivity contribution is 0.0828. The summed E-state index contributed by atoms with van der Waals surface area (Å²) < 4.78 is 0. The Balaban J connectivity index is 2.28. The zero-order valence-corrected chi connectivity index (χ0v) is 12.1. The van der Waals surface area contributed by atoms with Crippen molar-refractivity contribution in [1.29, 1.82) is 0 Å². The molecule has 112 valence electrons. The maximum absolute atomic E-state index is 12.6. The molecule has 2 unspecified atom stereocenters. The number of nitrogens with two attached hydrogens (primary N) is 1. The number of hydrazone groups is 1. The van der Waals surface area contributed by atoms with Gasteiger partial charge in [-0.15, -0.1) is 0 Å². The predicted molar refractivity (Wildman–Crippen MR) is 82.5 cm³/mol. The van der Waals surface area contributed by atoms with E-state index < -0.39 is 11.8 Å². The van der Waals surface area contributed by atoms with Gasteiger partial charge in [-0.3, -0.25) is 19.6 Å². The van der Waals surface area contributed by atoms with E-state index in [0.717, 1.165) is 0 Å². The molecule has 2 atom stereocenters. The molecule has 0 fully saturated rings. The van der Waals surface area contributed by atoms with Crippen molar-refractivity contribution in [2.45, 2.75) is 6.92 Å². The van der Waals surface area contributed by atoms with Crippen molar-refractivity contribution in [1.82, 2.24) is 9.97 Å². The van der Waals surface area contributed by atoms with Gasteiger partial charge in [-0.2, -0.15) is 5.10 Å². The lowest BCUT2D eigenvalue weighted by Gasteiger charge is -2.18. The Morgan fingerprint density at radius 1 is 1.00 bits per heavy atom. The molecule has 6 heteroatoms. The number of pyridine rings is 2. The molecule has 2 aromatic rings. The van der Waals surface area contributed by atoms with Gasteiger partial charge in [0.15, 0.2) is 11.6 Å². The molecule has 2 N–H and O–H groups in total.